The van der Waals surface area contributed by atoms with Crippen LogP contribution in [0.25, 0.3) is 11.0 Å². The number of piperidine rings is 2. The molecule has 4 heterocycles. The molecule has 0 spiro atoms. The van der Waals surface area contributed by atoms with Crippen LogP contribution < -0.4 is 0 Å². The van der Waals surface area contributed by atoms with Crippen molar-refractivity contribution in [1.29, 1.82) is 0 Å². The SMILES string of the molecule is CCO[C@H]1OC(C(=O)N2CCC(N3CCCCC3)CC2)=C[C@@H](c2coc3ccccc23)[C@@H]1CCOCCOCCO. The molecule has 0 unspecified atom stereocenters. The normalized spacial score (nSPS) is 24.4. The van der Waals surface area contributed by atoms with Gasteiger partial charge in [-0.25, -0.2) is 0 Å². The van der Waals surface area contributed by atoms with E-state index in [1.807, 2.05) is 42.4 Å². The number of likely N-dealkylation sites (tertiary alicyclic amines) is 2. The molecular weight excluding hydrogens is 524 g/mol. The summed E-state index contributed by atoms with van der Waals surface area (Å²) in [6.45, 7) is 7.95. The fourth-order valence-corrected chi connectivity index (χ4v) is 6.52. The van der Waals surface area contributed by atoms with Crippen molar-refractivity contribution in [2.75, 3.05) is 65.8 Å². The Morgan fingerprint density at radius 2 is 1.76 bits per heavy atom. The topological polar surface area (TPSA) is 93.8 Å². The average molecular weight is 571 g/mol. The minimum absolute atomic E-state index is 0.000368. The number of para-hydroxylation sites is 1. The van der Waals surface area contributed by atoms with E-state index in [4.69, 9.17) is 28.5 Å². The smallest absolute Gasteiger partial charge is 0.288 e. The predicted octanol–water partition coefficient (Wildman–Crippen LogP) is 4.30. The molecule has 9 nitrogen and oxygen atoms in total. The first-order valence-corrected chi connectivity index (χ1v) is 15.5. The third-order valence-electron chi connectivity index (χ3n) is 8.66. The molecule has 1 amide bonds. The van der Waals surface area contributed by atoms with Gasteiger partial charge in [0.2, 0.25) is 6.29 Å². The summed E-state index contributed by atoms with van der Waals surface area (Å²) in [4.78, 5) is 18.4. The van der Waals surface area contributed by atoms with Crippen LogP contribution in [-0.4, -0.2) is 99.0 Å². The lowest BCUT2D eigenvalue weighted by Crippen LogP contribution is -2.49. The molecule has 3 aliphatic rings. The van der Waals surface area contributed by atoms with Crippen LogP contribution >= 0.6 is 0 Å². The van der Waals surface area contributed by atoms with E-state index in [1.54, 1.807) is 0 Å². The molecule has 9 heteroatoms. The van der Waals surface area contributed by atoms with E-state index < -0.39 is 6.29 Å². The first kappa shape index (κ1) is 30.0. The van der Waals surface area contributed by atoms with Gasteiger partial charge < -0.3 is 38.3 Å². The summed E-state index contributed by atoms with van der Waals surface area (Å²) in [5.74, 6) is 0.101. The van der Waals surface area contributed by atoms with Crippen molar-refractivity contribution in [3.05, 3.63) is 47.9 Å². The molecule has 5 rings (SSSR count). The molecule has 3 atom stereocenters. The number of hydrogen-bond acceptors (Lipinski definition) is 8. The van der Waals surface area contributed by atoms with Crippen LogP contribution in [0.5, 0.6) is 0 Å². The zero-order chi connectivity index (χ0) is 28.4. The molecule has 1 aromatic carbocycles. The molecule has 41 heavy (non-hydrogen) atoms. The number of benzene rings is 1. The molecule has 2 fully saturated rings. The summed E-state index contributed by atoms with van der Waals surface area (Å²) in [5.41, 5.74) is 1.85. The van der Waals surface area contributed by atoms with Gasteiger partial charge in [0.15, 0.2) is 5.76 Å². The number of fused-ring (bicyclic) bond motifs is 1. The van der Waals surface area contributed by atoms with Crippen LogP contribution in [0, 0.1) is 5.92 Å². The number of amides is 1. The molecule has 0 radical (unpaired) electrons. The number of hydrogen-bond donors (Lipinski definition) is 1. The van der Waals surface area contributed by atoms with E-state index in [2.05, 4.69) is 11.0 Å². The maximum absolute atomic E-state index is 13.8. The maximum Gasteiger partial charge on any atom is 0.288 e. The highest BCUT2D eigenvalue weighted by atomic mass is 16.7. The molecule has 0 bridgehead atoms. The van der Waals surface area contributed by atoms with Crippen LogP contribution in [0.15, 0.2) is 46.8 Å². The Kier molecular flexibility index (Phi) is 11.1. The Bertz CT molecular complexity index is 1120. The quantitative estimate of drug-likeness (QED) is 0.357. The monoisotopic (exact) mass is 570 g/mol. The van der Waals surface area contributed by atoms with Gasteiger partial charge in [0.25, 0.3) is 5.91 Å². The summed E-state index contributed by atoms with van der Waals surface area (Å²) in [6.07, 6.45) is 9.80. The summed E-state index contributed by atoms with van der Waals surface area (Å²) in [7, 11) is 0. The highest BCUT2D eigenvalue weighted by molar-refractivity contribution is 5.92. The predicted molar refractivity (Wildman–Crippen MR) is 155 cm³/mol. The molecule has 2 saturated heterocycles. The minimum Gasteiger partial charge on any atom is -0.464 e. The van der Waals surface area contributed by atoms with Gasteiger partial charge in [0, 0.05) is 55.1 Å². The summed E-state index contributed by atoms with van der Waals surface area (Å²) >= 11 is 0. The third kappa shape index (κ3) is 7.51. The van der Waals surface area contributed by atoms with E-state index >= 15 is 0 Å². The van der Waals surface area contributed by atoms with Gasteiger partial charge in [-0.15, -0.1) is 0 Å². The number of allylic oxidation sites excluding steroid dienone is 1. The van der Waals surface area contributed by atoms with Crippen molar-refractivity contribution < 1.29 is 33.3 Å². The Morgan fingerprint density at radius 3 is 2.51 bits per heavy atom. The number of ether oxygens (including phenoxy) is 4. The number of carbonyl (C=O) groups excluding carboxylic acids is 1. The first-order valence-electron chi connectivity index (χ1n) is 15.5. The fraction of sp³-hybridized carbons (Fsp3) is 0.656. The minimum atomic E-state index is -0.581. The molecule has 1 aromatic heterocycles. The number of furan rings is 1. The van der Waals surface area contributed by atoms with E-state index in [0.717, 1.165) is 42.5 Å². The Hall–Kier alpha value is -2.43. The van der Waals surface area contributed by atoms with Crippen molar-refractivity contribution in [2.45, 2.75) is 63.7 Å². The zero-order valence-corrected chi connectivity index (χ0v) is 24.4. The van der Waals surface area contributed by atoms with Crippen molar-refractivity contribution in [3.8, 4) is 0 Å². The average Bonchev–Trinajstić information content (AvgIpc) is 3.45. The molecule has 226 valence electrons. The molecule has 0 aliphatic carbocycles. The second-order valence-electron chi connectivity index (χ2n) is 11.2. The van der Waals surface area contributed by atoms with E-state index in [9.17, 15) is 4.79 Å². The van der Waals surface area contributed by atoms with Gasteiger partial charge in [-0.05, 0) is 64.3 Å². The Morgan fingerprint density at radius 1 is 1.00 bits per heavy atom. The highest BCUT2D eigenvalue weighted by Crippen LogP contribution is 2.42. The largest absolute Gasteiger partial charge is 0.464 e. The molecule has 2 aromatic rings. The number of rotatable bonds is 13. The van der Waals surface area contributed by atoms with Gasteiger partial charge in [-0.2, -0.15) is 0 Å². The van der Waals surface area contributed by atoms with E-state index in [1.165, 1.54) is 32.4 Å². The van der Waals surface area contributed by atoms with Gasteiger partial charge in [-0.3, -0.25) is 4.79 Å². The van der Waals surface area contributed by atoms with Gasteiger partial charge in [0.05, 0.1) is 32.7 Å². The van der Waals surface area contributed by atoms with Gasteiger partial charge in [-0.1, -0.05) is 24.6 Å². The number of aliphatic hydroxyl groups excluding tert-OH is 1. The maximum atomic E-state index is 13.8. The van der Waals surface area contributed by atoms with Crippen LogP contribution in [-0.2, 0) is 23.7 Å². The summed E-state index contributed by atoms with van der Waals surface area (Å²) in [5, 5.41) is 9.92. The van der Waals surface area contributed by atoms with E-state index in [0.29, 0.717) is 51.3 Å². The van der Waals surface area contributed by atoms with Crippen molar-refractivity contribution in [2.24, 2.45) is 5.92 Å². The first-order chi connectivity index (χ1) is 20.2. The van der Waals surface area contributed by atoms with Gasteiger partial charge in [0.1, 0.15) is 5.58 Å². The highest BCUT2D eigenvalue weighted by Gasteiger charge is 2.40. The van der Waals surface area contributed by atoms with Crippen LogP contribution in [0.2, 0.25) is 0 Å². The molecular formula is C32H46N2O7. The van der Waals surface area contributed by atoms with Crippen LogP contribution in [0.3, 0.4) is 0 Å². The van der Waals surface area contributed by atoms with Crippen molar-refractivity contribution >= 4 is 16.9 Å². The second-order valence-corrected chi connectivity index (χ2v) is 11.2. The second kappa shape index (κ2) is 15.2. The fourth-order valence-electron chi connectivity index (χ4n) is 6.52. The summed E-state index contributed by atoms with van der Waals surface area (Å²) < 4.78 is 29.6. The van der Waals surface area contributed by atoms with Crippen molar-refractivity contribution in [3.63, 3.8) is 0 Å². The number of nitrogens with zero attached hydrogens (tertiary/aromatic N) is 2. The lowest BCUT2D eigenvalue weighted by molar-refractivity contribution is -0.172. The lowest BCUT2D eigenvalue weighted by Gasteiger charge is -2.41. The summed E-state index contributed by atoms with van der Waals surface area (Å²) in [6, 6.07) is 8.57. The standard InChI is InChI=1S/C32H46N2O7/c1-2-39-32-26(12-18-37-20-21-38-19-17-35)27(28-23-40-29-9-5-4-8-25(28)29)22-30(41-32)31(36)34-15-10-24(11-16-34)33-13-6-3-7-14-33/h4-5,8-9,22-24,26-27,32,35H,2-3,6-7,10-21H2,1H3/t26-,27+,32-/m0/s1. The zero-order valence-electron chi connectivity index (χ0n) is 24.4. The van der Waals surface area contributed by atoms with Crippen molar-refractivity contribution in [1.82, 2.24) is 9.80 Å². The van der Waals surface area contributed by atoms with Crippen LogP contribution in [0.1, 0.15) is 56.9 Å². The van der Waals surface area contributed by atoms with Crippen LogP contribution in [0.4, 0.5) is 0 Å². The Labute approximate surface area is 243 Å². The molecule has 0 saturated carbocycles. The molecule has 1 N–H and O–H groups in total. The number of carbonyl (C=O) groups is 1. The third-order valence-corrected chi connectivity index (χ3v) is 8.66. The molecule has 3 aliphatic heterocycles. The number of aliphatic hydroxyl groups is 1. The Balaban J connectivity index is 1.32. The van der Waals surface area contributed by atoms with E-state index in [-0.39, 0.29) is 24.3 Å². The van der Waals surface area contributed by atoms with Gasteiger partial charge >= 0.3 is 0 Å². The lowest BCUT2D eigenvalue weighted by atomic mass is 9.81.